The number of hydrogen-bond donors (Lipinski definition) is 0. The van der Waals surface area contributed by atoms with E-state index in [-0.39, 0.29) is 0 Å². The molecule has 0 N–H and O–H groups in total. The molecule has 0 amide bonds. The standard InChI is InChI=1S/C40H20N6/c41-21-25-9-15-33-31-5-1-3-7-35(31)45(39(33)17-25)37-19-27(11-13-29(37)23-43)28-12-14-30(24-44)38(20-28)46-36-8-4-2-6-32(36)34-16-10-26(22-42)18-40(34)46/h1-20H. The van der Waals surface area contributed by atoms with E-state index in [9.17, 15) is 21.0 Å². The van der Waals surface area contributed by atoms with Gasteiger partial charge in [0.15, 0.2) is 0 Å². The van der Waals surface area contributed by atoms with Gasteiger partial charge in [0.25, 0.3) is 0 Å². The maximum atomic E-state index is 10.2. The van der Waals surface area contributed by atoms with Gasteiger partial charge in [0, 0.05) is 21.5 Å². The van der Waals surface area contributed by atoms with Crippen LogP contribution < -0.4 is 0 Å². The van der Waals surface area contributed by atoms with Gasteiger partial charge in [0.1, 0.15) is 12.1 Å². The van der Waals surface area contributed by atoms with E-state index in [1.165, 1.54) is 0 Å². The fourth-order valence-corrected chi connectivity index (χ4v) is 6.58. The van der Waals surface area contributed by atoms with Gasteiger partial charge in [-0.25, -0.2) is 0 Å². The Morgan fingerprint density at radius 3 is 1.20 bits per heavy atom. The third-order valence-electron chi connectivity index (χ3n) is 8.66. The summed E-state index contributed by atoms with van der Waals surface area (Å²) in [6.45, 7) is 0. The summed E-state index contributed by atoms with van der Waals surface area (Å²) in [6, 6.07) is 48.0. The smallest absolute Gasteiger partial charge is 0.101 e. The van der Waals surface area contributed by atoms with Crippen molar-refractivity contribution < 1.29 is 0 Å². The number of benzene rings is 6. The molecule has 8 rings (SSSR count). The van der Waals surface area contributed by atoms with Gasteiger partial charge in [-0.05, 0) is 71.8 Å². The van der Waals surface area contributed by atoms with Gasteiger partial charge in [0.05, 0.1) is 67.8 Å². The Balaban J connectivity index is 1.40. The monoisotopic (exact) mass is 584 g/mol. The first-order chi connectivity index (χ1) is 22.6. The lowest BCUT2D eigenvalue weighted by molar-refractivity contribution is 1.16. The molecule has 6 nitrogen and oxygen atoms in total. The van der Waals surface area contributed by atoms with Crippen molar-refractivity contribution in [2.75, 3.05) is 0 Å². The van der Waals surface area contributed by atoms with Gasteiger partial charge in [0.2, 0.25) is 0 Å². The maximum absolute atomic E-state index is 10.2. The van der Waals surface area contributed by atoms with Crippen molar-refractivity contribution in [3.63, 3.8) is 0 Å². The summed E-state index contributed by atoms with van der Waals surface area (Å²) in [5.74, 6) is 0. The number of rotatable bonds is 3. The average Bonchev–Trinajstić information content (AvgIpc) is 3.62. The van der Waals surface area contributed by atoms with E-state index < -0.39 is 0 Å². The van der Waals surface area contributed by atoms with Crippen LogP contribution in [0.4, 0.5) is 0 Å². The third kappa shape index (κ3) is 3.86. The Bertz CT molecular complexity index is 2560. The zero-order valence-electron chi connectivity index (χ0n) is 24.2. The van der Waals surface area contributed by atoms with Crippen LogP contribution >= 0.6 is 0 Å². The van der Waals surface area contributed by atoms with E-state index in [1.54, 1.807) is 0 Å². The molecule has 0 saturated carbocycles. The largest absolute Gasteiger partial charge is 0.308 e. The van der Waals surface area contributed by atoms with Crippen molar-refractivity contribution >= 4 is 43.6 Å². The van der Waals surface area contributed by atoms with Crippen LogP contribution in [-0.2, 0) is 0 Å². The first kappa shape index (κ1) is 26.5. The lowest BCUT2D eigenvalue weighted by Crippen LogP contribution is -2.00. The van der Waals surface area contributed by atoms with Crippen LogP contribution in [-0.4, -0.2) is 9.13 Å². The van der Waals surface area contributed by atoms with Crippen LogP contribution in [0.2, 0.25) is 0 Å². The first-order valence-corrected chi connectivity index (χ1v) is 14.6. The van der Waals surface area contributed by atoms with E-state index in [4.69, 9.17) is 0 Å². The number of aromatic nitrogens is 2. The van der Waals surface area contributed by atoms with Gasteiger partial charge < -0.3 is 9.13 Å². The van der Waals surface area contributed by atoms with Crippen LogP contribution in [0.3, 0.4) is 0 Å². The molecule has 0 aliphatic rings. The zero-order chi connectivity index (χ0) is 31.4. The second kappa shape index (κ2) is 10.3. The number of nitriles is 4. The molecule has 0 bridgehead atoms. The molecule has 8 aromatic rings. The van der Waals surface area contributed by atoms with Gasteiger partial charge in [-0.3, -0.25) is 0 Å². The van der Waals surface area contributed by atoms with Crippen LogP contribution in [0.5, 0.6) is 0 Å². The predicted octanol–water partition coefficient (Wildman–Crippen LogP) is 9.03. The summed E-state index contributed by atoms with van der Waals surface area (Å²) in [5.41, 5.74) is 8.72. The highest BCUT2D eigenvalue weighted by Crippen LogP contribution is 2.38. The van der Waals surface area contributed by atoms with Crippen LogP contribution in [0.1, 0.15) is 22.3 Å². The minimum Gasteiger partial charge on any atom is -0.308 e. The van der Waals surface area contributed by atoms with E-state index in [2.05, 4.69) is 33.4 Å². The van der Waals surface area contributed by atoms with Crippen molar-refractivity contribution in [2.45, 2.75) is 0 Å². The molecule has 210 valence electrons. The predicted molar refractivity (Wildman–Crippen MR) is 179 cm³/mol. The van der Waals surface area contributed by atoms with Crippen LogP contribution in [0, 0.1) is 45.3 Å². The SMILES string of the molecule is N#Cc1ccc2c3ccccc3n(-c3cc(-c4ccc(C#N)c(-n5c6ccccc6c6ccc(C#N)cc65)c4)ccc3C#N)c2c1. The van der Waals surface area contributed by atoms with E-state index in [1.807, 2.05) is 121 Å². The Morgan fingerprint density at radius 1 is 0.370 bits per heavy atom. The molecule has 0 atom stereocenters. The maximum Gasteiger partial charge on any atom is 0.101 e. The number of nitrogens with zero attached hydrogens (tertiary/aromatic N) is 6. The molecule has 2 heterocycles. The molecule has 0 saturated heterocycles. The quantitative estimate of drug-likeness (QED) is 0.207. The summed E-state index contributed by atoms with van der Waals surface area (Å²) in [5, 5.41) is 43.9. The Hall–Kier alpha value is -7.12. The average molecular weight is 585 g/mol. The Kier molecular flexibility index (Phi) is 5.91. The van der Waals surface area contributed by atoms with Crippen molar-refractivity contribution in [1.82, 2.24) is 9.13 Å². The Labute approximate surface area is 263 Å². The van der Waals surface area contributed by atoms with Crippen molar-refractivity contribution in [3.8, 4) is 46.8 Å². The lowest BCUT2D eigenvalue weighted by atomic mass is 9.99. The second-order valence-corrected chi connectivity index (χ2v) is 11.1. The molecule has 0 aliphatic carbocycles. The molecule has 0 fully saturated rings. The normalized spacial score (nSPS) is 11.0. The summed E-state index contributed by atoms with van der Waals surface area (Å²) in [7, 11) is 0. The molecular formula is C40H20N6. The zero-order valence-corrected chi connectivity index (χ0v) is 24.2. The Morgan fingerprint density at radius 2 is 0.783 bits per heavy atom. The number of fused-ring (bicyclic) bond motifs is 6. The fraction of sp³-hybridized carbons (Fsp3) is 0. The first-order valence-electron chi connectivity index (χ1n) is 14.6. The summed E-state index contributed by atoms with van der Waals surface area (Å²) >= 11 is 0. The highest BCUT2D eigenvalue weighted by molar-refractivity contribution is 6.11. The lowest BCUT2D eigenvalue weighted by Gasteiger charge is -2.15. The van der Waals surface area contributed by atoms with Crippen molar-refractivity contribution in [2.24, 2.45) is 0 Å². The van der Waals surface area contributed by atoms with Crippen molar-refractivity contribution in [3.05, 3.63) is 144 Å². The molecule has 0 spiro atoms. The van der Waals surface area contributed by atoms with E-state index in [0.717, 1.165) is 54.7 Å². The molecule has 6 heteroatoms. The summed E-state index contributed by atoms with van der Waals surface area (Å²) in [6.07, 6.45) is 0. The molecule has 2 aromatic heterocycles. The van der Waals surface area contributed by atoms with Gasteiger partial charge in [-0.2, -0.15) is 21.0 Å². The molecule has 6 aromatic carbocycles. The van der Waals surface area contributed by atoms with Gasteiger partial charge in [-0.1, -0.05) is 60.7 Å². The van der Waals surface area contributed by atoms with Crippen molar-refractivity contribution in [1.29, 1.82) is 21.0 Å². The van der Waals surface area contributed by atoms with Crippen LogP contribution in [0.25, 0.3) is 66.1 Å². The van der Waals surface area contributed by atoms with E-state index in [0.29, 0.717) is 33.6 Å². The molecule has 0 aliphatic heterocycles. The summed E-state index contributed by atoms with van der Waals surface area (Å²) < 4.78 is 4.10. The third-order valence-corrected chi connectivity index (χ3v) is 8.66. The van der Waals surface area contributed by atoms with E-state index >= 15 is 0 Å². The highest BCUT2D eigenvalue weighted by Gasteiger charge is 2.19. The molecule has 0 radical (unpaired) electrons. The number of hydrogen-bond acceptors (Lipinski definition) is 4. The second-order valence-electron chi connectivity index (χ2n) is 11.1. The fourth-order valence-electron chi connectivity index (χ4n) is 6.58. The van der Waals surface area contributed by atoms with Gasteiger partial charge >= 0.3 is 0 Å². The molecular weight excluding hydrogens is 564 g/mol. The minimum atomic E-state index is 0.495. The molecule has 0 unspecified atom stereocenters. The van der Waals surface area contributed by atoms with Crippen LogP contribution in [0.15, 0.2) is 121 Å². The summed E-state index contributed by atoms with van der Waals surface area (Å²) in [4.78, 5) is 0. The topological polar surface area (TPSA) is 105 Å². The molecule has 46 heavy (non-hydrogen) atoms. The van der Waals surface area contributed by atoms with Gasteiger partial charge in [-0.15, -0.1) is 0 Å². The highest BCUT2D eigenvalue weighted by atomic mass is 15.0. The minimum absolute atomic E-state index is 0.495. The number of para-hydroxylation sites is 2.